The van der Waals surface area contributed by atoms with Crippen LogP contribution in [0.2, 0.25) is 0 Å². The number of aliphatic hydroxyl groups is 1. The maximum atomic E-state index is 8.91. The molecule has 0 radical (unpaired) electrons. The first-order valence-corrected chi connectivity index (χ1v) is 5.99. The van der Waals surface area contributed by atoms with E-state index in [4.69, 9.17) is 5.11 Å². The summed E-state index contributed by atoms with van der Waals surface area (Å²) in [5.41, 5.74) is 0. The van der Waals surface area contributed by atoms with Crippen molar-refractivity contribution in [2.75, 3.05) is 13.2 Å². The molecule has 1 fully saturated rings. The van der Waals surface area contributed by atoms with Crippen LogP contribution in [-0.4, -0.2) is 44.0 Å². The van der Waals surface area contributed by atoms with Gasteiger partial charge in [-0.05, 0) is 19.3 Å². The molecule has 5 nitrogen and oxygen atoms in total. The van der Waals surface area contributed by atoms with Gasteiger partial charge in [0.05, 0.1) is 6.54 Å². The minimum Gasteiger partial charge on any atom is -0.396 e. The van der Waals surface area contributed by atoms with Gasteiger partial charge < -0.3 is 5.11 Å². The quantitative estimate of drug-likeness (QED) is 0.767. The molecule has 1 aromatic heterocycles. The van der Waals surface area contributed by atoms with Gasteiger partial charge in [-0.1, -0.05) is 6.42 Å². The van der Waals surface area contributed by atoms with Gasteiger partial charge in [0.1, 0.15) is 12.2 Å². The molecular formula is C11H20N4O. The predicted octanol–water partition coefficient (Wildman–Crippen LogP) is 0.552. The Labute approximate surface area is 96.1 Å². The van der Waals surface area contributed by atoms with Gasteiger partial charge in [0.15, 0.2) is 0 Å². The van der Waals surface area contributed by atoms with Crippen LogP contribution in [-0.2, 0) is 13.6 Å². The van der Waals surface area contributed by atoms with Crippen molar-refractivity contribution in [3.63, 3.8) is 0 Å². The number of nitrogens with zero attached hydrogens (tertiary/aromatic N) is 4. The Kier molecular flexibility index (Phi) is 3.90. The molecule has 1 N–H and O–H groups in total. The van der Waals surface area contributed by atoms with Crippen LogP contribution in [0.1, 0.15) is 31.5 Å². The zero-order valence-corrected chi connectivity index (χ0v) is 9.84. The SMILES string of the molecule is Cn1ncnc1CN(CCCO)C1CCC1. The van der Waals surface area contributed by atoms with E-state index in [0.717, 1.165) is 25.3 Å². The summed E-state index contributed by atoms with van der Waals surface area (Å²) < 4.78 is 1.82. The highest BCUT2D eigenvalue weighted by molar-refractivity contribution is 4.88. The van der Waals surface area contributed by atoms with Gasteiger partial charge in [-0.25, -0.2) is 4.98 Å². The van der Waals surface area contributed by atoms with E-state index in [0.29, 0.717) is 6.04 Å². The third kappa shape index (κ3) is 2.59. The van der Waals surface area contributed by atoms with Crippen LogP contribution in [0.5, 0.6) is 0 Å². The van der Waals surface area contributed by atoms with Crippen LogP contribution in [0.3, 0.4) is 0 Å². The van der Waals surface area contributed by atoms with Crippen LogP contribution in [0.25, 0.3) is 0 Å². The first kappa shape index (κ1) is 11.5. The lowest BCUT2D eigenvalue weighted by Crippen LogP contribution is -2.41. The van der Waals surface area contributed by atoms with E-state index in [1.807, 2.05) is 11.7 Å². The molecule has 1 heterocycles. The lowest BCUT2D eigenvalue weighted by atomic mass is 9.91. The number of hydrogen-bond acceptors (Lipinski definition) is 4. The van der Waals surface area contributed by atoms with Crippen molar-refractivity contribution in [3.05, 3.63) is 12.2 Å². The summed E-state index contributed by atoms with van der Waals surface area (Å²) in [6.07, 6.45) is 6.33. The van der Waals surface area contributed by atoms with E-state index in [1.165, 1.54) is 19.3 Å². The second-order valence-electron chi connectivity index (χ2n) is 4.43. The third-order valence-electron chi connectivity index (χ3n) is 3.34. The fourth-order valence-electron chi connectivity index (χ4n) is 2.06. The lowest BCUT2D eigenvalue weighted by molar-refractivity contribution is 0.105. The Morgan fingerprint density at radius 1 is 1.56 bits per heavy atom. The van der Waals surface area contributed by atoms with Gasteiger partial charge >= 0.3 is 0 Å². The minimum atomic E-state index is 0.266. The molecule has 90 valence electrons. The van der Waals surface area contributed by atoms with E-state index >= 15 is 0 Å². The minimum absolute atomic E-state index is 0.266. The van der Waals surface area contributed by atoms with Crippen molar-refractivity contribution >= 4 is 0 Å². The normalized spacial score (nSPS) is 16.7. The van der Waals surface area contributed by atoms with Crippen molar-refractivity contribution in [2.45, 2.75) is 38.3 Å². The highest BCUT2D eigenvalue weighted by atomic mass is 16.3. The fourth-order valence-corrected chi connectivity index (χ4v) is 2.06. The van der Waals surface area contributed by atoms with Crippen LogP contribution < -0.4 is 0 Å². The average molecular weight is 224 g/mol. The van der Waals surface area contributed by atoms with Crippen LogP contribution >= 0.6 is 0 Å². The predicted molar refractivity (Wildman–Crippen MR) is 60.8 cm³/mol. The molecular weight excluding hydrogens is 204 g/mol. The van der Waals surface area contributed by atoms with E-state index in [1.54, 1.807) is 6.33 Å². The topological polar surface area (TPSA) is 54.2 Å². The summed E-state index contributed by atoms with van der Waals surface area (Å²) >= 11 is 0. The van der Waals surface area contributed by atoms with E-state index in [9.17, 15) is 0 Å². The lowest BCUT2D eigenvalue weighted by Gasteiger charge is -2.37. The van der Waals surface area contributed by atoms with E-state index in [2.05, 4.69) is 15.0 Å². The summed E-state index contributed by atoms with van der Waals surface area (Å²) in [6.45, 7) is 2.07. The molecule has 0 amide bonds. The number of aromatic nitrogens is 3. The van der Waals surface area contributed by atoms with Crippen molar-refractivity contribution < 1.29 is 5.11 Å². The third-order valence-corrected chi connectivity index (χ3v) is 3.34. The molecule has 0 saturated heterocycles. The Balaban J connectivity index is 1.93. The molecule has 0 spiro atoms. The van der Waals surface area contributed by atoms with Crippen LogP contribution in [0, 0.1) is 0 Å². The van der Waals surface area contributed by atoms with Gasteiger partial charge in [0, 0.05) is 26.2 Å². The first-order valence-electron chi connectivity index (χ1n) is 5.99. The second-order valence-corrected chi connectivity index (χ2v) is 4.43. The van der Waals surface area contributed by atoms with Crippen LogP contribution in [0.4, 0.5) is 0 Å². The molecule has 0 unspecified atom stereocenters. The molecule has 0 atom stereocenters. The summed E-state index contributed by atoms with van der Waals surface area (Å²) in [4.78, 5) is 6.67. The zero-order chi connectivity index (χ0) is 11.4. The number of aryl methyl sites for hydroxylation is 1. The van der Waals surface area contributed by atoms with Crippen molar-refractivity contribution in [1.82, 2.24) is 19.7 Å². The Morgan fingerprint density at radius 3 is 2.88 bits per heavy atom. The van der Waals surface area contributed by atoms with Gasteiger partial charge in [-0.2, -0.15) is 5.10 Å². The van der Waals surface area contributed by atoms with Crippen molar-refractivity contribution in [3.8, 4) is 0 Å². The molecule has 16 heavy (non-hydrogen) atoms. The number of aliphatic hydroxyl groups excluding tert-OH is 1. The first-order chi connectivity index (χ1) is 7.81. The summed E-state index contributed by atoms with van der Waals surface area (Å²) in [7, 11) is 1.92. The summed E-state index contributed by atoms with van der Waals surface area (Å²) in [6, 6.07) is 0.684. The average Bonchev–Trinajstić information content (AvgIpc) is 2.58. The number of rotatable bonds is 6. The molecule has 1 aliphatic carbocycles. The maximum absolute atomic E-state index is 8.91. The van der Waals surface area contributed by atoms with E-state index in [-0.39, 0.29) is 6.61 Å². The monoisotopic (exact) mass is 224 g/mol. The molecule has 0 aliphatic heterocycles. The maximum Gasteiger partial charge on any atom is 0.140 e. The fraction of sp³-hybridized carbons (Fsp3) is 0.818. The smallest absolute Gasteiger partial charge is 0.140 e. The molecule has 0 bridgehead atoms. The van der Waals surface area contributed by atoms with E-state index < -0.39 is 0 Å². The molecule has 5 heteroatoms. The largest absolute Gasteiger partial charge is 0.396 e. The van der Waals surface area contributed by atoms with Crippen LogP contribution in [0.15, 0.2) is 6.33 Å². The molecule has 1 aromatic rings. The van der Waals surface area contributed by atoms with Crippen molar-refractivity contribution in [2.24, 2.45) is 7.05 Å². The standard InChI is InChI=1S/C11H20N4O/c1-14-11(12-9-13-14)8-15(6-3-7-16)10-4-2-5-10/h9-10,16H,2-8H2,1H3. The van der Waals surface area contributed by atoms with Crippen molar-refractivity contribution in [1.29, 1.82) is 0 Å². The molecule has 1 saturated carbocycles. The molecule has 1 aliphatic rings. The Hall–Kier alpha value is -0.940. The summed E-state index contributed by atoms with van der Waals surface area (Å²) in [5, 5.41) is 13.0. The van der Waals surface area contributed by atoms with Gasteiger partial charge in [0.25, 0.3) is 0 Å². The summed E-state index contributed by atoms with van der Waals surface area (Å²) in [5.74, 6) is 1.00. The molecule has 2 rings (SSSR count). The highest BCUT2D eigenvalue weighted by Crippen LogP contribution is 2.25. The molecule has 0 aromatic carbocycles. The van der Waals surface area contributed by atoms with Gasteiger partial charge in [0.2, 0.25) is 0 Å². The highest BCUT2D eigenvalue weighted by Gasteiger charge is 2.25. The van der Waals surface area contributed by atoms with Gasteiger partial charge in [-0.15, -0.1) is 0 Å². The van der Waals surface area contributed by atoms with Gasteiger partial charge in [-0.3, -0.25) is 9.58 Å². The Morgan fingerprint density at radius 2 is 2.38 bits per heavy atom. The second kappa shape index (κ2) is 5.41. The zero-order valence-electron chi connectivity index (χ0n) is 9.84. The number of hydrogen-bond donors (Lipinski definition) is 1. The Bertz CT molecular complexity index is 322.